The van der Waals surface area contributed by atoms with Crippen LogP contribution in [0.2, 0.25) is 0 Å². The third-order valence-corrected chi connectivity index (χ3v) is 4.48. The molecule has 1 aromatic carbocycles. The molecule has 1 unspecified atom stereocenters. The molecule has 0 fully saturated rings. The Balaban J connectivity index is 2.46. The molecule has 1 N–H and O–H groups in total. The highest BCUT2D eigenvalue weighted by atomic mass is 79.9. The van der Waals surface area contributed by atoms with E-state index in [-0.39, 0.29) is 6.04 Å². The Hall–Kier alpha value is -1.13. The monoisotopic (exact) mass is 349 g/mol. The van der Waals surface area contributed by atoms with Crippen LogP contribution in [0.1, 0.15) is 48.7 Å². The molecule has 0 saturated carbocycles. The third-order valence-electron chi connectivity index (χ3n) is 3.87. The largest absolute Gasteiger partial charge is 0.305 e. The van der Waals surface area contributed by atoms with Crippen molar-refractivity contribution in [3.63, 3.8) is 0 Å². The van der Waals surface area contributed by atoms with Crippen molar-refractivity contribution in [3.8, 4) is 0 Å². The summed E-state index contributed by atoms with van der Waals surface area (Å²) in [5.74, 6) is 0. The Labute approximate surface area is 135 Å². The van der Waals surface area contributed by atoms with Crippen LogP contribution < -0.4 is 5.32 Å². The van der Waals surface area contributed by atoms with E-state index in [0.29, 0.717) is 0 Å². The molecule has 3 nitrogen and oxygen atoms in total. The van der Waals surface area contributed by atoms with Crippen molar-refractivity contribution in [2.75, 3.05) is 6.54 Å². The number of aromatic nitrogens is 2. The SMILES string of the molecule is CCCNC(c1ccc(C)c(C)c1)c1c(Br)cnn1CC. The Kier molecular flexibility index (Phi) is 5.59. The van der Waals surface area contributed by atoms with Gasteiger partial charge in [-0.3, -0.25) is 4.68 Å². The topological polar surface area (TPSA) is 29.9 Å². The van der Waals surface area contributed by atoms with Crippen LogP contribution in [0, 0.1) is 13.8 Å². The standard InChI is InChI=1S/C17H24BrN3/c1-5-9-19-16(14-8-7-12(3)13(4)10-14)17-15(18)11-20-21(17)6-2/h7-8,10-11,16,19H,5-6,9H2,1-4H3. The first-order valence-corrected chi connectivity index (χ1v) is 8.39. The average Bonchev–Trinajstić information content (AvgIpc) is 2.84. The molecule has 0 saturated heterocycles. The van der Waals surface area contributed by atoms with Gasteiger partial charge in [-0.1, -0.05) is 25.1 Å². The number of hydrogen-bond donors (Lipinski definition) is 1. The van der Waals surface area contributed by atoms with Gasteiger partial charge in [0.05, 0.1) is 22.4 Å². The molecule has 0 aliphatic carbocycles. The molecule has 2 rings (SSSR count). The molecule has 0 aliphatic rings. The minimum atomic E-state index is 0.168. The number of hydrogen-bond acceptors (Lipinski definition) is 2. The normalized spacial score (nSPS) is 12.6. The quantitative estimate of drug-likeness (QED) is 0.838. The van der Waals surface area contributed by atoms with E-state index in [9.17, 15) is 0 Å². The number of aryl methyl sites for hydroxylation is 3. The van der Waals surface area contributed by atoms with E-state index in [0.717, 1.165) is 24.0 Å². The lowest BCUT2D eigenvalue weighted by Gasteiger charge is -2.22. The summed E-state index contributed by atoms with van der Waals surface area (Å²) in [5.41, 5.74) is 5.15. The maximum absolute atomic E-state index is 4.46. The lowest BCUT2D eigenvalue weighted by molar-refractivity contribution is 0.528. The van der Waals surface area contributed by atoms with E-state index in [1.165, 1.54) is 22.4 Å². The zero-order valence-corrected chi connectivity index (χ0v) is 14.9. The predicted octanol–water partition coefficient (Wildman–Crippen LogP) is 4.37. The van der Waals surface area contributed by atoms with Crippen LogP contribution >= 0.6 is 15.9 Å². The molecule has 2 aromatic rings. The molecule has 0 amide bonds. The second-order valence-electron chi connectivity index (χ2n) is 5.42. The predicted molar refractivity (Wildman–Crippen MR) is 91.7 cm³/mol. The molecule has 0 radical (unpaired) electrons. The highest BCUT2D eigenvalue weighted by molar-refractivity contribution is 9.10. The molecule has 114 valence electrons. The van der Waals surface area contributed by atoms with Crippen LogP contribution in [0.25, 0.3) is 0 Å². The molecular weight excluding hydrogens is 326 g/mol. The summed E-state index contributed by atoms with van der Waals surface area (Å²) in [5, 5.41) is 8.12. The molecule has 4 heteroatoms. The summed E-state index contributed by atoms with van der Waals surface area (Å²) < 4.78 is 3.13. The van der Waals surface area contributed by atoms with E-state index in [1.807, 2.05) is 6.20 Å². The van der Waals surface area contributed by atoms with Crippen LogP contribution in [0.3, 0.4) is 0 Å². The second kappa shape index (κ2) is 7.23. The van der Waals surface area contributed by atoms with Gasteiger partial charge in [0.15, 0.2) is 0 Å². The number of nitrogens with one attached hydrogen (secondary N) is 1. The Morgan fingerprint density at radius 3 is 2.62 bits per heavy atom. The highest BCUT2D eigenvalue weighted by Gasteiger charge is 2.21. The molecule has 0 aliphatic heterocycles. The average molecular weight is 350 g/mol. The van der Waals surface area contributed by atoms with E-state index in [1.54, 1.807) is 0 Å². The summed E-state index contributed by atoms with van der Waals surface area (Å²) in [4.78, 5) is 0. The van der Waals surface area contributed by atoms with Crippen LogP contribution in [0.15, 0.2) is 28.9 Å². The number of halogens is 1. The van der Waals surface area contributed by atoms with Crippen molar-refractivity contribution in [3.05, 3.63) is 51.3 Å². The summed E-state index contributed by atoms with van der Waals surface area (Å²) in [6.07, 6.45) is 3.00. The van der Waals surface area contributed by atoms with Gasteiger partial charge in [0.1, 0.15) is 0 Å². The van der Waals surface area contributed by atoms with Crippen molar-refractivity contribution >= 4 is 15.9 Å². The van der Waals surface area contributed by atoms with Gasteiger partial charge in [0.2, 0.25) is 0 Å². The van der Waals surface area contributed by atoms with Crippen LogP contribution in [0.5, 0.6) is 0 Å². The lowest BCUT2D eigenvalue weighted by atomic mass is 9.98. The number of rotatable bonds is 6. The second-order valence-corrected chi connectivity index (χ2v) is 6.28. The van der Waals surface area contributed by atoms with Gasteiger partial charge in [-0.15, -0.1) is 0 Å². The van der Waals surface area contributed by atoms with E-state index in [2.05, 4.69) is 76.9 Å². The number of nitrogens with zero attached hydrogens (tertiary/aromatic N) is 2. The van der Waals surface area contributed by atoms with Crippen molar-refractivity contribution in [1.82, 2.24) is 15.1 Å². The maximum Gasteiger partial charge on any atom is 0.0759 e. The van der Waals surface area contributed by atoms with Gasteiger partial charge in [-0.2, -0.15) is 5.10 Å². The molecule has 1 aromatic heterocycles. The molecule has 0 spiro atoms. The minimum absolute atomic E-state index is 0.168. The first-order chi connectivity index (χ1) is 10.1. The fourth-order valence-corrected chi connectivity index (χ4v) is 3.04. The zero-order chi connectivity index (χ0) is 15.4. The summed E-state index contributed by atoms with van der Waals surface area (Å²) in [6, 6.07) is 6.87. The van der Waals surface area contributed by atoms with E-state index >= 15 is 0 Å². The van der Waals surface area contributed by atoms with Gasteiger partial charge in [-0.25, -0.2) is 0 Å². The lowest BCUT2D eigenvalue weighted by Crippen LogP contribution is -2.26. The molecule has 0 bridgehead atoms. The summed E-state index contributed by atoms with van der Waals surface area (Å²) >= 11 is 3.66. The first kappa shape index (κ1) is 16.2. The zero-order valence-electron chi connectivity index (χ0n) is 13.3. The molecule has 1 atom stereocenters. The fourth-order valence-electron chi connectivity index (χ4n) is 2.52. The van der Waals surface area contributed by atoms with Gasteiger partial charge in [0.25, 0.3) is 0 Å². The van der Waals surface area contributed by atoms with Gasteiger partial charge in [-0.05, 0) is 66.4 Å². The molecular formula is C17H24BrN3. The van der Waals surface area contributed by atoms with Crippen molar-refractivity contribution < 1.29 is 0 Å². The number of benzene rings is 1. The Morgan fingerprint density at radius 2 is 2.00 bits per heavy atom. The van der Waals surface area contributed by atoms with E-state index < -0.39 is 0 Å². The maximum atomic E-state index is 4.46. The van der Waals surface area contributed by atoms with Crippen LogP contribution in [0.4, 0.5) is 0 Å². The smallest absolute Gasteiger partial charge is 0.0759 e. The Morgan fingerprint density at radius 1 is 1.24 bits per heavy atom. The van der Waals surface area contributed by atoms with Crippen molar-refractivity contribution in [2.24, 2.45) is 0 Å². The first-order valence-electron chi connectivity index (χ1n) is 7.60. The summed E-state index contributed by atoms with van der Waals surface area (Å²) in [7, 11) is 0. The summed E-state index contributed by atoms with van der Waals surface area (Å²) in [6.45, 7) is 10.5. The van der Waals surface area contributed by atoms with Crippen LogP contribution in [-0.4, -0.2) is 16.3 Å². The van der Waals surface area contributed by atoms with Gasteiger partial charge in [0, 0.05) is 6.54 Å². The molecule has 21 heavy (non-hydrogen) atoms. The van der Waals surface area contributed by atoms with Crippen molar-refractivity contribution in [2.45, 2.75) is 46.7 Å². The molecule has 1 heterocycles. The van der Waals surface area contributed by atoms with Crippen molar-refractivity contribution in [1.29, 1.82) is 0 Å². The minimum Gasteiger partial charge on any atom is -0.305 e. The highest BCUT2D eigenvalue weighted by Crippen LogP contribution is 2.29. The third kappa shape index (κ3) is 3.55. The fraction of sp³-hybridized carbons (Fsp3) is 0.471. The van der Waals surface area contributed by atoms with Gasteiger partial charge >= 0.3 is 0 Å². The van der Waals surface area contributed by atoms with Crippen LogP contribution in [-0.2, 0) is 6.54 Å². The van der Waals surface area contributed by atoms with Gasteiger partial charge < -0.3 is 5.32 Å². The van der Waals surface area contributed by atoms with E-state index in [4.69, 9.17) is 0 Å². The Bertz CT molecular complexity index is 604.